The molecule has 0 bridgehead atoms. The van der Waals surface area contributed by atoms with Gasteiger partial charge in [-0.25, -0.2) is 9.59 Å². The zero-order valence-electron chi connectivity index (χ0n) is 15.1. The normalized spacial score (nSPS) is 10.7. The number of hydrogen-bond acceptors (Lipinski definition) is 4. The molecule has 0 saturated carbocycles. The van der Waals surface area contributed by atoms with Crippen LogP contribution in [-0.2, 0) is 6.42 Å². The number of fused-ring (bicyclic) bond motifs is 2. The average Bonchev–Trinajstić information content (AvgIpc) is 2.70. The van der Waals surface area contributed by atoms with Gasteiger partial charge < -0.3 is 20.4 Å². The second-order valence-corrected chi connectivity index (χ2v) is 6.73. The molecule has 0 aliphatic rings. The van der Waals surface area contributed by atoms with Crippen LogP contribution in [0.5, 0.6) is 11.5 Å². The summed E-state index contributed by atoms with van der Waals surface area (Å²) < 4.78 is 0. The van der Waals surface area contributed by atoms with Gasteiger partial charge >= 0.3 is 63.3 Å². The molecule has 4 rings (SSSR count). The Balaban J connectivity index is 0.00000256. The van der Waals surface area contributed by atoms with E-state index in [0.29, 0.717) is 32.7 Å². The molecule has 4 aromatic rings. The number of aromatic carboxylic acids is 2. The SMILES string of the molecule is O=C(O)c1cc2ccccc2c(Cc2c(O)c(C(=O)O)cc3ccccc23)c1O.[KH]. The van der Waals surface area contributed by atoms with E-state index in [1.807, 2.05) is 0 Å². The number of phenols is 2. The van der Waals surface area contributed by atoms with Crippen LogP contribution in [0.4, 0.5) is 0 Å². The second kappa shape index (κ2) is 8.75. The van der Waals surface area contributed by atoms with E-state index in [1.54, 1.807) is 48.5 Å². The van der Waals surface area contributed by atoms with Crippen LogP contribution in [0.2, 0.25) is 0 Å². The summed E-state index contributed by atoms with van der Waals surface area (Å²) in [4.78, 5) is 23.2. The molecule has 0 spiro atoms. The van der Waals surface area contributed by atoms with Crippen molar-refractivity contribution in [3.8, 4) is 11.5 Å². The molecular formula is C23H17KO6. The standard InChI is InChI=1S/C23H16O6.K.H/c24-20-16(14-7-3-1-5-12(14)9-18(20)22(26)27)11-17-15-8-4-2-6-13(15)10-19(21(17)25)23(28)29;;/h1-10,24-25H,11H2,(H,26,27)(H,28,29);;. The molecule has 30 heavy (non-hydrogen) atoms. The fourth-order valence-electron chi connectivity index (χ4n) is 3.68. The van der Waals surface area contributed by atoms with Crippen LogP contribution in [0.1, 0.15) is 31.8 Å². The predicted molar refractivity (Wildman–Crippen MR) is 115 cm³/mol. The number of carboxylic acids is 2. The molecule has 0 aromatic heterocycles. The number of carboxylic acid groups (broad SMARTS) is 2. The molecule has 0 fully saturated rings. The van der Waals surface area contributed by atoms with Crippen LogP contribution in [0.15, 0.2) is 60.7 Å². The molecule has 7 heteroatoms. The molecule has 4 aromatic carbocycles. The van der Waals surface area contributed by atoms with Crippen molar-refractivity contribution in [1.29, 1.82) is 0 Å². The summed E-state index contributed by atoms with van der Waals surface area (Å²) in [6, 6.07) is 16.8. The van der Waals surface area contributed by atoms with Crippen LogP contribution in [0.3, 0.4) is 0 Å². The Morgan fingerprint density at radius 2 is 1.03 bits per heavy atom. The Labute approximate surface area is 213 Å². The maximum absolute atomic E-state index is 11.6. The third kappa shape index (κ3) is 3.82. The van der Waals surface area contributed by atoms with Gasteiger partial charge in [-0.1, -0.05) is 48.5 Å². The minimum atomic E-state index is -1.28. The van der Waals surface area contributed by atoms with E-state index in [2.05, 4.69) is 0 Å². The van der Waals surface area contributed by atoms with E-state index < -0.39 is 23.4 Å². The summed E-state index contributed by atoms with van der Waals surface area (Å²) in [5.74, 6) is -3.36. The second-order valence-electron chi connectivity index (χ2n) is 6.73. The Hall–Kier alpha value is -2.42. The van der Waals surface area contributed by atoms with Gasteiger partial charge in [-0.15, -0.1) is 0 Å². The van der Waals surface area contributed by atoms with E-state index in [4.69, 9.17) is 0 Å². The summed E-state index contributed by atoms with van der Waals surface area (Å²) in [5, 5.41) is 42.8. The Morgan fingerprint density at radius 1 is 0.667 bits per heavy atom. The number of benzene rings is 4. The Kier molecular flexibility index (Phi) is 6.49. The first-order chi connectivity index (χ1) is 13.9. The van der Waals surface area contributed by atoms with Crippen LogP contribution >= 0.6 is 0 Å². The molecular weight excluding hydrogens is 411 g/mol. The van der Waals surface area contributed by atoms with Gasteiger partial charge in [-0.3, -0.25) is 0 Å². The third-order valence-corrected chi connectivity index (χ3v) is 5.07. The quantitative estimate of drug-likeness (QED) is 0.368. The monoisotopic (exact) mass is 428 g/mol. The van der Waals surface area contributed by atoms with Crippen molar-refractivity contribution in [2.75, 3.05) is 0 Å². The first kappa shape index (κ1) is 22.3. The van der Waals surface area contributed by atoms with Gasteiger partial charge in [0.05, 0.1) is 0 Å². The summed E-state index contributed by atoms with van der Waals surface area (Å²) in [6.07, 6.45) is -0.0407. The van der Waals surface area contributed by atoms with Crippen molar-refractivity contribution in [1.82, 2.24) is 0 Å². The van der Waals surface area contributed by atoms with Gasteiger partial charge in [0, 0.05) is 17.5 Å². The van der Waals surface area contributed by atoms with E-state index in [1.165, 1.54) is 12.1 Å². The van der Waals surface area contributed by atoms with Crippen molar-refractivity contribution < 1.29 is 30.0 Å². The fraction of sp³-hybridized carbons (Fsp3) is 0.0435. The molecule has 0 heterocycles. The van der Waals surface area contributed by atoms with E-state index in [-0.39, 0.29) is 68.9 Å². The predicted octanol–water partition coefficient (Wildman–Crippen LogP) is 3.74. The van der Waals surface area contributed by atoms with Crippen LogP contribution in [0, 0.1) is 0 Å². The van der Waals surface area contributed by atoms with Gasteiger partial charge in [0.15, 0.2) is 0 Å². The summed E-state index contributed by atoms with van der Waals surface area (Å²) >= 11 is 0. The van der Waals surface area contributed by atoms with Crippen LogP contribution in [-0.4, -0.2) is 83.7 Å². The molecule has 0 radical (unpaired) electrons. The Morgan fingerprint density at radius 3 is 1.40 bits per heavy atom. The van der Waals surface area contributed by atoms with Gasteiger partial charge in [0.25, 0.3) is 0 Å². The topological polar surface area (TPSA) is 115 Å². The number of hydrogen-bond donors (Lipinski definition) is 4. The van der Waals surface area contributed by atoms with E-state index >= 15 is 0 Å². The first-order valence-corrected chi connectivity index (χ1v) is 8.82. The Bertz CT molecular complexity index is 1210. The molecule has 146 valence electrons. The summed E-state index contributed by atoms with van der Waals surface area (Å²) in [6.45, 7) is 0. The number of carbonyl (C=O) groups is 2. The molecule has 0 atom stereocenters. The van der Waals surface area contributed by atoms with Gasteiger partial charge in [0.2, 0.25) is 0 Å². The summed E-state index contributed by atoms with van der Waals surface area (Å²) in [5.41, 5.74) is 0.112. The van der Waals surface area contributed by atoms with Gasteiger partial charge in [-0.2, -0.15) is 0 Å². The summed E-state index contributed by atoms with van der Waals surface area (Å²) in [7, 11) is 0. The zero-order valence-corrected chi connectivity index (χ0v) is 15.1. The van der Waals surface area contributed by atoms with E-state index in [9.17, 15) is 30.0 Å². The maximum atomic E-state index is 11.6. The van der Waals surface area contributed by atoms with Gasteiger partial charge in [0.1, 0.15) is 22.6 Å². The van der Waals surface area contributed by atoms with Crippen molar-refractivity contribution in [2.45, 2.75) is 6.42 Å². The van der Waals surface area contributed by atoms with E-state index in [0.717, 1.165) is 0 Å². The fourth-order valence-corrected chi connectivity index (χ4v) is 3.68. The van der Waals surface area contributed by atoms with Crippen molar-refractivity contribution >= 4 is 84.9 Å². The molecule has 0 amide bonds. The molecule has 0 aliphatic carbocycles. The zero-order chi connectivity index (χ0) is 20.7. The molecule has 6 nitrogen and oxygen atoms in total. The molecule has 0 saturated heterocycles. The molecule has 0 aliphatic heterocycles. The van der Waals surface area contributed by atoms with Crippen molar-refractivity contribution in [3.05, 3.63) is 82.9 Å². The van der Waals surface area contributed by atoms with Crippen LogP contribution in [0.25, 0.3) is 21.5 Å². The number of rotatable bonds is 4. The third-order valence-electron chi connectivity index (χ3n) is 5.07. The van der Waals surface area contributed by atoms with Crippen molar-refractivity contribution in [3.63, 3.8) is 0 Å². The average molecular weight is 428 g/mol. The van der Waals surface area contributed by atoms with Crippen LogP contribution < -0.4 is 0 Å². The van der Waals surface area contributed by atoms with Crippen molar-refractivity contribution in [2.24, 2.45) is 0 Å². The molecule has 0 unspecified atom stereocenters. The minimum absolute atomic E-state index is 0. The number of aromatic hydroxyl groups is 2. The molecule has 4 N–H and O–H groups in total. The van der Waals surface area contributed by atoms with Gasteiger partial charge in [-0.05, 0) is 33.7 Å². The first-order valence-electron chi connectivity index (χ1n) is 8.82.